The first-order valence-electron chi connectivity index (χ1n) is 6.12. The van der Waals surface area contributed by atoms with Gasteiger partial charge in [-0.05, 0) is 42.8 Å². The number of aliphatic hydroxyl groups excluding tert-OH is 1. The molecule has 0 atom stereocenters. The lowest BCUT2D eigenvalue weighted by Gasteiger charge is -2.34. The van der Waals surface area contributed by atoms with Crippen LogP contribution in [0.4, 0.5) is 5.82 Å². The van der Waals surface area contributed by atoms with Crippen LogP contribution >= 0.6 is 15.9 Å². The van der Waals surface area contributed by atoms with Crippen LogP contribution in [-0.4, -0.2) is 46.6 Å². The number of anilines is 1. The van der Waals surface area contributed by atoms with Gasteiger partial charge in [0.2, 0.25) is 0 Å². The number of halogens is 1. The monoisotopic (exact) mass is 329 g/mol. The molecule has 19 heavy (non-hydrogen) atoms. The van der Waals surface area contributed by atoms with Gasteiger partial charge in [-0.1, -0.05) is 0 Å². The summed E-state index contributed by atoms with van der Waals surface area (Å²) in [5.74, 6) is 0.375. The third kappa shape index (κ3) is 3.67. The Morgan fingerprint density at radius 3 is 2.74 bits per heavy atom. The average Bonchev–Trinajstić information content (AvgIpc) is 2.39. The van der Waals surface area contributed by atoms with Gasteiger partial charge in [0.1, 0.15) is 5.82 Å². The number of aliphatic hydroxyl groups is 1. The Morgan fingerprint density at radius 2 is 2.21 bits per heavy atom. The fourth-order valence-electron chi connectivity index (χ4n) is 1.47. The van der Waals surface area contributed by atoms with Crippen molar-refractivity contribution in [3.63, 3.8) is 0 Å². The molecule has 6 heteroatoms. The Bertz CT molecular complexity index is 463. The van der Waals surface area contributed by atoms with Gasteiger partial charge in [0.15, 0.2) is 0 Å². The Hall–Kier alpha value is -1.14. The van der Waals surface area contributed by atoms with Crippen molar-refractivity contribution >= 4 is 27.7 Å². The van der Waals surface area contributed by atoms with Crippen LogP contribution in [-0.2, 0) is 0 Å². The molecule has 1 rings (SSSR count). The summed E-state index contributed by atoms with van der Waals surface area (Å²) in [7, 11) is 1.68. The Labute approximate surface area is 122 Å². The van der Waals surface area contributed by atoms with E-state index in [0.717, 1.165) is 4.47 Å². The fraction of sp³-hybridized carbons (Fsp3) is 0.538. The lowest BCUT2D eigenvalue weighted by atomic mass is 10.0. The van der Waals surface area contributed by atoms with Crippen molar-refractivity contribution < 1.29 is 9.90 Å². The summed E-state index contributed by atoms with van der Waals surface area (Å²) >= 11 is 3.32. The standard InChI is InChI=1S/C13H20BrN3O2/c1-5-15-11-10(6-9(14)7-16-11)12(19)17(4)13(2,3)8-18/h6-7,18H,5,8H2,1-4H3,(H,15,16). The van der Waals surface area contributed by atoms with Gasteiger partial charge in [-0.3, -0.25) is 4.79 Å². The van der Waals surface area contributed by atoms with E-state index in [-0.39, 0.29) is 12.5 Å². The molecule has 1 amide bonds. The predicted octanol–water partition coefficient (Wildman–Crippen LogP) is 2.12. The van der Waals surface area contributed by atoms with Crippen LogP contribution in [0, 0.1) is 0 Å². The van der Waals surface area contributed by atoms with Gasteiger partial charge in [0.05, 0.1) is 17.7 Å². The summed E-state index contributed by atoms with van der Waals surface area (Å²) in [5.41, 5.74) is -0.136. The molecule has 1 heterocycles. The van der Waals surface area contributed by atoms with Crippen molar-refractivity contribution in [3.05, 3.63) is 22.3 Å². The second kappa shape index (κ2) is 6.34. The zero-order valence-corrected chi connectivity index (χ0v) is 13.3. The topological polar surface area (TPSA) is 65.5 Å². The van der Waals surface area contributed by atoms with Crippen LogP contribution in [0.15, 0.2) is 16.7 Å². The molecule has 0 bridgehead atoms. The zero-order chi connectivity index (χ0) is 14.6. The number of aromatic nitrogens is 1. The summed E-state index contributed by atoms with van der Waals surface area (Å²) < 4.78 is 0.743. The molecule has 1 aromatic heterocycles. The van der Waals surface area contributed by atoms with E-state index in [1.54, 1.807) is 19.3 Å². The molecule has 0 fully saturated rings. The first-order valence-corrected chi connectivity index (χ1v) is 6.91. The van der Waals surface area contributed by atoms with E-state index in [1.807, 2.05) is 20.8 Å². The fourth-order valence-corrected chi connectivity index (χ4v) is 1.80. The Balaban J connectivity index is 3.14. The molecular formula is C13H20BrN3O2. The number of pyridine rings is 1. The summed E-state index contributed by atoms with van der Waals surface area (Å²) in [6.07, 6.45) is 1.64. The molecule has 0 aliphatic carbocycles. The highest BCUT2D eigenvalue weighted by Crippen LogP contribution is 2.22. The van der Waals surface area contributed by atoms with Crippen LogP contribution < -0.4 is 5.32 Å². The summed E-state index contributed by atoms with van der Waals surface area (Å²) in [6.45, 7) is 6.14. The largest absolute Gasteiger partial charge is 0.394 e. The van der Waals surface area contributed by atoms with E-state index < -0.39 is 5.54 Å². The van der Waals surface area contributed by atoms with Crippen molar-refractivity contribution in [2.24, 2.45) is 0 Å². The van der Waals surface area contributed by atoms with Crippen molar-refractivity contribution in [1.29, 1.82) is 0 Å². The van der Waals surface area contributed by atoms with Gasteiger partial charge in [-0.25, -0.2) is 4.98 Å². The number of amides is 1. The van der Waals surface area contributed by atoms with Gasteiger partial charge in [0.25, 0.3) is 5.91 Å². The van der Waals surface area contributed by atoms with Gasteiger partial charge in [-0.15, -0.1) is 0 Å². The second-order valence-electron chi connectivity index (χ2n) is 4.91. The average molecular weight is 330 g/mol. The van der Waals surface area contributed by atoms with Gasteiger partial charge >= 0.3 is 0 Å². The van der Waals surface area contributed by atoms with Crippen molar-refractivity contribution in [1.82, 2.24) is 9.88 Å². The molecule has 0 spiro atoms. The molecule has 106 valence electrons. The van der Waals surface area contributed by atoms with E-state index in [9.17, 15) is 9.90 Å². The van der Waals surface area contributed by atoms with Crippen LogP contribution in [0.1, 0.15) is 31.1 Å². The van der Waals surface area contributed by atoms with E-state index >= 15 is 0 Å². The quantitative estimate of drug-likeness (QED) is 0.868. The number of carbonyl (C=O) groups excluding carboxylic acids is 1. The first kappa shape index (κ1) is 15.9. The molecule has 0 aromatic carbocycles. The highest BCUT2D eigenvalue weighted by atomic mass is 79.9. The highest BCUT2D eigenvalue weighted by molar-refractivity contribution is 9.10. The molecule has 0 aliphatic rings. The maximum Gasteiger partial charge on any atom is 0.257 e. The Morgan fingerprint density at radius 1 is 1.58 bits per heavy atom. The minimum absolute atomic E-state index is 0.104. The lowest BCUT2D eigenvalue weighted by molar-refractivity contribution is 0.0473. The van der Waals surface area contributed by atoms with E-state index in [0.29, 0.717) is 17.9 Å². The molecule has 5 nitrogen and oxygen atoms in total. The number of likely N-dealkylation sites (N-methyl/N-ethyl adjacent to an activating group) is 1. The number of hydrogen-bond acceptors (Lipinski definition) is 4. The molecular weight excluding hydrogens is 310 g/mol. The number of nitrogens with one attached hydrogen (secondary N) is 1. The molecule has 0 saturated carbocycles. The third-order valence-electron chi connectivity index (χ3n) is 3.03. The summed E-state index contributed by atoms with van der Waals surface area (Å²) in [6, 6.07) is 1.73. The van der Waals surface area contributed by atoms with E-state index in [2.05, 4.69) is 26.2 Å². The predicted molar refractivity (Wildman–Crippen MR) is 79.4 cm³/mol. The maximum atomic E-state index is 12.5. The summed E-state index contributed by atoms with van der Waals surface area (Å²) in [4.78, 5) is 18.2. The normalized spacial score (nSPS) is 11.3. The molecule has 0 radical (unpaired) electrons. The maximum absolute atomic E-state index is 12.5. The second-order valence-corrected chi connectivity index (χ2v) is 5.83. The van der Waals surface area contributed by atoms with E-state index in [4.69, 9.17) is 0 Å². The SMILES string of the molecule is CCNc1ncc(Br)cc1C(=O)N(C)C(C)(C)CO. The van der Waals surface area contributed by atoms with Crippen molar-refractivity contribution in [2.45, 2.75) is 26.3 Å². The van der Waals surface area contributed by atoms with Gasteiger partial charge < -0.3 is 15.3 Å². The van der Waals surface area contributed by atoms with Gasteiger partial charge in [0, 0.05) is 24.3 Å². The Kier molecular flexibility index (Phi) is 5.31. The molecule has 2 N–H and O–H groups in total. The molecule has 0 unspecified atom stereocenters. The van der Waals surface area contributed by atoms with E-state index in [1.165, 1.54) is 4.90 Å². The molecule has 1 aromatic rings. The first-order chi connectivity index (χ1) is 8.83. The molecule has 0 saturated heterocycles. The van der Waals surface area contributed by atoms with Crippen molar-refractivity contribution in [2.75, 3.05) is 25.5 Å². The molecule has 0 aliphatic heterocycles. The van der Waals surface area contributed by atoms with Crippen LogP contribution in [0.2, 0.25) is 0 Å². The smallest absolute Gasteiger partial charge is 0.257 e. The minimum atomic E-state index is -0.622. The number of nitrogens with zero attached hydrogens (tertiary/aromatic N) is 2. The third-order valence-corrected chi connectivity index (χ3v) is 3.46. The minimum Gasteiger partial charge on any atom is -0.394 e. The van der Waals surface area contributed by atoms with Gasteiger partial charge in [-0.2, -0.15) is 0 Å². The van der Waals surface area contributed by atoms with Crippen LogP contribution in [0.5, 0.6) is 0 Å². The highest BCUT2D eigenvalue weighted by Gasteiger charge is 2.29. The zero-order valence-electron chi connectivity index (χ0n) is 11.7. The number of rotatable bonds is 5. The van der Waals surface area contributed by atoms with Crippen LogP contribution in [0.25, 0.3) is 0 Å². The summed E-state index contributed by atoms with van der Waals surface area (Å²) in [5, 5.41) is 12.4. The number of hydrogen-bond donors (Lipinski definition) is 2. The van der Waals surface area contributed by atoms with Crippen molar-refractivity contribution in [3.8, 4) is 0 Å². The van der Waals surface area contributed by atoms with Crippen LogP contribution in [0.3, 0.4) is 0 Å². The lowest BCUT2D eigenvalue weighted by Crippen LogP contribution is -2.47. The number of carbonyl (C=O) groups is 1.